The van der Waals surface area contributed by atoms with Crippen LogP contribution < -0.4 is 0 Å². The SMILES string of the molecule is CC1COC(=O)N1CCCO. The van der Waals surface area contributed by atoms with Crippen LogP contribution in [0.2, 0.25) is 0 Å². The monoisotopic (exact) mass is 159 g/mol. The second-order valence-electron chi connectivity index (χ2n) is 2.70. The minimum absolute atomic E-state index is 0.122. The zero-order chi connectivity index (χ0) is 8.27. The molecule has 1 amide bonds. The highest BCUT2D eigenvalue weighted by Gasteiger charge is 2.28. The summed E-state index contributed by atoms with van der Waals surface area (Å²) < 4.78 is 4.78. The minimum Gasteiger partial charge on any atom is -0.447 e. The number of rotatable bonds is 3. The van der Waals surface area contributed by atoms with Gasteiger partial charge in [0.15, 0.2) is 0 Å². The van der Waals surface area contributed by atoms with Crippen molar-refractivity contribution in [3.05, 3.63) is 0 Å². The Bertz CT molecular complexity index is 149. The summed E-state index contributed by atoms with van der Waals surface area (Å²) in [6.45, 7) is 3.12. The lowest BCUT2D eigenvalue weighted by molar-refractivity contribution is 0.155. The predicted molar refractivity (Wildman–Crippen MR) is 39.2 cm³/mol. The van der Waals surface area contributed by atoms with E-state index in [1.807, 2.05) is 6.92 Å². The van der Waals surface area contributed by atoms with Crippen LogP contribution in [0.3, 0.4) is 0 Å². The van der Waals surface area contributed by atoms with Crippen molar-refractivity contribution in [2.24, 2.45) is 0 Å². The van der Waals surface area contributed by atoms with Gasteiger partial charge < -0.3 is 14.7 Å². The number of amides is 1. The van der Waals surface area contributed by atoms with Crippen LogP contribution in [0.25, 0.3) is 0 Å². The van der Waals surface area contributed by atoms with E-state index >= 15 is 0 Å². The number of aliphatic hydroxyl groups is 1. The fourth-order valence-electron chi connectivity index (χ4n) is 1.10. The molecular formula is C7H13NO3. The largest absolute Gasteiger partial charge is 0.447 e. The summed E-state index contributed by atoms with van der Waals surface area (Å²) in [4.78, 5) is 12.5. The summed E-state index contributed by atoms with van der Waals surface area (Å²) in [6, 6.07) is 0.161. The van der Waals surface area contributed by atoms with Crippen LogP contribution in [-0.4, -0.2) is 41.9 Å². The van der Waals surface area contributed by atoms with Gasteiger partial charge in [-0.1, -0.05) is 0 Å². The summed E-state index contributed by atoms with van der Waals surface area (Å²) in [5, 5.41) is 8.52. The first-order chi connectivity index (χ1) is 5.25. The van der Waals surface area contributed by atoms with Crippen LogP contribution in [0.15, 0.2) is 0 Å². The Kier molecular flexibility index (Phi) is 2.70. The first-order valence-corrected chi connectivity index (χ1v) is 3.80. The predicted octanol–water partition coefficient (Wildman–Crippen LogP) is 0.210. The first kappa shape index (κ1) is 8.33. The van der Waals surface area contributed by atoms with Gasteiger partial charge in [-0.05, 0) is 13.3 Å². The topological polar surface area (TPSA) is 49.8 Å². The van der Waals surface area contributed by atoms with Crippen molar-refractivity contribution in [1.82, 2.24) is 4.90 Å². The molecule has 0 aliphatic carbocycles. The second kappa shape index (κ2) is 3.57. The Balaban J connectivity index is 2.35. The van der Waals surface area contributed by atoms with Crippen LogP contribution in [0, 0.1) is 0 Å². The molecule has 0 saturated carbocycles. The van der Waals surface area contributed by atoms with Gasteiger partial charge in [0.05, 0.1) is 6.04 Å². The molecule has 0 aromatic heterocycles. The van der Waals surface area contributed by atoms with Gasteiger partial charge in [0.2, 0.25) is 0 Å². The lowest BCUT2D eigenvalue weighted by Crippen LogP contribution is -2.32. The Labute approximate surface area is 65.8 Å². The molecule has 11 heavy (non-hydrogen) atoms. The van der Waals surface area contributed by atoms with E-state index in [4.69, 9.17) is 9.84 Å². The van der Waals surface area contributed by atoms with E-state index in [9.17, 15) is 4.79 Å². The number of nitrogens with zero attached hydrogens (tertiary/aromatic N) is 1. The van der Waals surface area contributed by atoms with Crippen molar-refractivity contribution in [2.75, 3.05) is 19.8 Å². The molecule has 64 valence electrons. The van der Waals surface area contributed by atoms with E-state index in [-0.39, 0.29) is 18.7 Å². The molecule has 4 heteroatoms. The number of hydrogen-bond donors (Lipinski definition) is 1. The third-order valence-corrected chi connectivity index (χ3v) is 1.77. The summed E-state index contributed by atoms with van der Waals surface area (Å²) in [6.07, 6.45) is 0.366. The normalized spacial score (nSPS) is 24.0. The lowest BCUT2D eigenvalue weighted by atomic mass is 10.3. The Morgan fingerprint density at radius 1 is 1.82 bits per heavy atom. The fourth-order valence-corrected chi connectivity index (χ4v) is 1.10. The number of carbonyl (C=O) groups excluding carboxylic acids is 1. The summed E-state index contributed by atoms with van der Waals surface area (Å²) in [7, 11) is 0. The van der Waals surface area contributed by atoms with Gasteiger partial charge in [0, 0.05) is 13.2 Å². The minimum atomic E-state index is -0.258. The Morgan fingerprint density at radius 2 is 2.55 bits per heavy atom. The molecule has 0 aromatic carbocycles. The zero-order valence-electron chi connectivity index (χ0n) is 6.62. The van der Waals surface area contributed by atoms with Gasteiger partial charge in [-0.15, -0.1) is 0 Å². The molecular weight excluding hydrogens is 146 g/mol. The van der Waals surface area contributed by atoms with Gasteiger partial charge in [-0.25, -0.2) is 4.79 Å². The van der Waals surface area contributed by atoms with Crippen molar-refractivity contribution in [2.45, 2.75) is 19.4 Å². The fraction of sp³-hybridized carbons (Fsp3) is 0.857. The highest BCUT2D eigenvalue weighted by Crippen LogP contribution is 2.11. The quantitative estimate of drug-likeness (QED) is 0.640. The average molecular weight is 159 g/mol. The average Bonchev–Trinajstić information content (AvgIpc) is 2.29. The van der Waals surface area contributed by atoms with E-state index < -0.39 is 0 Å². The van der Waals surface area contributed by atoms with Gasteiger partial charge in [-0.2, -0.15) is 0 Å². The van der Waals surface area contributed by atoms with Crippen molar-refractivity contribution in [1.29, 1.82) is 0 Å². The van der Waals surface area contributed by atoms with Crippen LogP contribution in [0.5, 0.6) is 0 Å². The number of aliphatic hydroxyl groups excluding tert-OH is 1. The highest BCUT2D eigenvalue weighted by atomic mass is 16.6. The van der Waals surface area contributed by atoms with Crippen molar-refractivity contribution in [3.63, 3.8) is 0 Å². The van der Waals surface area contributed by atoms with Crippen molar-refractivity contribution >= 4 is 6.09 Å². The molecule has 1 fully saturated rings. The van der Waals surface area contributed by atoms with Crippen molar-refractivity contribution < 1.29 is 14.6 Å². The summed E-state index contributed by atoms with van der Waals surface area (Å²) in [5.74, 6) is 0. The summed E-state index contributed by atoms with van der Waals surface area (Å²) >= 11 is 0. The molecule has 1 aliphatic heterocycles. The van der Waals surface area contributed by atoms with E-state index in [1.54, 1.807) is 4.90 Å². The van der Waals surface area contributed by atoms with Gasteiger partial charge in [-0.3, -0.25) is 0 Å². The van der Waals surface area contributed by atoms with E-state index in [1.165, 1.54) is 0 Å². The molecule has 1 N–H and O–H groups in total. The molecule has 1 atom stereocenters. The van der Waals surface area contributed by atoms with Crippen LogP contribution in [0.1, 0.15) is 13.3 Å². The Morgan fingerprint density at radius 3 is 3.00 bits per heavy atom. The van der Waals surface area contributed by atoms with E-state index in [2.05, 4.69) is 0 Å². The number of cyclic esters (lactones) is 1. The lowest BCUT2D eigenvalue weighted by Gasteiger charge is -2.16. The molecule has 1 unspecified atom stereocenters. The number of hydrogen-bond acceptors (Lipinski definition) is 3. The molecule has 1 aliphatic rings. The van der Waals surface area contributed by atoms with Crippen LogP contribution in [0.4, 0.5) is 4.79 Å². The molecule has 4 nitrogen and oxygen atoms in total. The highest BCUT2D eigenvalue weighted by molar-refractivity contribution is 5.69. The second-order valence-corrected chi connectivity index (χ2v) is 2.70. The maximum atomic E-state index is 10.9. The van der Waals surface area contributed by atoms with E-state index in [0.29, 0.717) is 19.6 Å². The maximum absolute atomic E-state index is 10.9. The van der Waals surface area contributed by atoms with Crippen LogP contribution in [-0.2, 0) is 4.74 Å². The number of carbonyl (C=O) groups is 1. The van der Waals surface area contributed by atoms with Crippen LogP contribution >= 0.6 is 0 Å². The van der Waals surface area contributed by atoms with Gasteiger partial charge in [0.25, 0.3) is 0 Å². The molecule has 0 radical (unpaired) electrons. The molecule has 0 spiro atoms. The van der Waals surface area contributed by atoms with E-state index in [0.717, 1.165) is 0 Å². The maximum Gasteiger partial charge on any atom is 0.410 e. The summed E-state index contributed by atoms with van der Waals surface area (Å²) in [5.41, 5.74) is 0. The third-order valence-electron chi connectivity index (χ3n) is 1.77. The zero-order valence-corrected chi connectivity index (χ0v) is 6.62. The molecule has 0 bridgehead atoms. The first-order valence-electron chi connectivity index (χ1n) is 3.80. The molecule has 1 heterocycles. The number of ether oxygens (including phenoxy) is 1. The smallest absolute Gasteiger partial charge is 0.410 e. The Hall–Kier alpha value is -0.770. The standard InChI is InChI=1S/C7H13NO3/c1-6-5-11-7(10)8(6)3-2-4-9/h6,9H,2-5H2,1H3. The van der Waals surface area contributed by atoms with Crippen molar-refractivity contribution in [3.8, 4) is 0 Å². The van der Waals surface area contributed by atoms with Gasteiger partial charge >= 0.3 is 6.09 Å². The molecule has 0 aromatic rings. The molecule has 1 rings (SSSR count). The van der Waals surface area contributed by atoms with Gasteiger partial charge in [0.1, 0.15) is 6.61 Å². The molecule has 1 saturated heterocycles. The third kappa shape index (κ3) is 1.83.